The first-order valence-corrected chi connectivity index (χ1v) is 23.3. The Hall–Kier alpha value is -8.93. The summed E-state index contributed by atoms with van der Waals surface area (Å²) < 4.78 is 4.85. The van der Waals surface area contributed by atoms with Gasteiger partial charge in [-0.3, -0.25) is 4.57 Å². The van der Waals surface area contributed by atoms with Gasteiger partial charge in [0.05, 0.1) is 22.6 Å². The molecule has 5 heteroatoms. The zero-order chi connectivity index (χ0) is 45.0. The number of aromatic nitrogens is 5. The fraction of sp³-hybridized carbons (Fsp3) is 0.0317. The summed E-state index contributed by atoms with van der Waals surface area (Å²) in [6.45, 7) is 0. The predicted molar refractivity (Wildman–Crippen MR) is 282 cm³/mol. The van der Waals surface area contributed by atoms with E-state index >= 15 is 0 Å². The second-order valence-corrected chi connectivity index (χ2v) is 17.6. The lowest BCUT2D eigenvalue weighted by Crippen LogP contribution is -2.11. The molecular weight excluding hydrogens is 827 g/mol. The molecule has 68 heavy (non-hydrogen) atoms. The Bertz CT molecular complexity index is 3860. The molecular formula is C63H43N5. The Kier molecular flexibility index (Phi) is 9.57. The monoisotopic (exact) mass is 869 g/mol. The second-order valence-electron chi connectivity index (χ2n) is 17.6. The van der Waals surface area contributed by atoms with Crippen LogP contribution < -0.4 is 0 Å². The van der Waals surface area contributed by atoms with Crippen molar-refractivity contribution in [3.63, 3.8) is 0 Å². The molecule has 0 amide bonds. The number of benzene rings is 9. The zero-order valence-corrected chi connectivity index (χ0v) is 37.1. The fourth-order valence-corrected chi connectivity index (χ4v) is 10.3. The molecule has 5 nitrogen and oxygen atoms in total. The molecule has 9 aromatic carbocycles. The van der Waals surface area contributed by atoms with Crippen LogP contribution in [-0.2, 0) is 0 Å². The summed E-state index contributed by atoms with van der Waals surface area (Å²) in [6.07, 6.45) is 7.70. The van der Waals surface area contributed by atoms with E-state index in [2.05, 4.69) is 234 Å². The second kappa shape index (κ2) is 16.5. The molecule has 1 aliphatic rings. The first-order valence-electron chi connectivity index (χ1n) is 23.3. The molecule has 13 rings (SSSR count). The summed E-state index contributed by atoms with van der Waals surface area (Å²) in [5.41, 5.74) is 15.7. The molecule has 1 atom stereocenters. The number of allylic oxidation sites excluding steroid dienone is 4. The Labute approximate surface area is 394 Å². The molecule has 3 aromatic heterocycles. The molecule has 0 fully saturated rings. The van der Waals surface area contributed by atoms with Gasteiger partial charge in [0.15, 0.2) is 11.6 Å². The van der Waals surface area contributed by atoms with E-state index in [4.69, 9.17) is 15.0 Å². The van der Waals surface area contributed by atoms with E-state index in [-0.39, 0.29) is 6.04 Å². The zero-order valence-electron chi connectivity index (χ0n) is 37.1. The maximum atomic E-state index is 5.50. The van der Waals surface area contributed by atoms with E-state index in [1.54, 1.807) is 0 Å². The minimum absolute atomic E-state index is 0.0639. The Morgan fingerprint density at radius 1 is 0.353 bits per heavy atom. The van der Waals surface area contributed by atoms with Crippen LogP contribution in [0.2, 0.25) is 0 Å². The molecule has 3 heterocycles. The topological polar surface area (TPSA) is 48.5 Å². The number of hydrogen-bond donors (Lipinski definition) is 0. The number of hydrogen-bond acceptors (Lipinski definition) is 3. The Morgan fingerprint density at radius 2 is 0.824 bits per heavy atom. The third kappa shape index (κ3) is 6.83. The molecule has 0 spiro atoms. The van der Waals surface area contributed by atoms with E-state index in [0.717, 1.165) is 67.1 Å². The van der Waals surface area contributed by atoms with Crippen LogP contribution in [-0.4, -0.2) is 24.1 Å². The third-order valence-electron chi connectivity index (χ3n) is 13.5. The van der Waals surface area contributed by atoms with Crippen LogP contribution >= 0.6 is 0 Å². The molecule has 0 bridgehead atoms. The Morgan fingerprint density at radius 3 is 1.47 bits per heavy atom. The van der Waals surface area contributed by atoms with Crippen LogP contribution in [0.25, 0.3) is 111 Å². The summed E-state index contributed by atoms with van der Waals surface area (Å²) in [5.74, 6) is 1.78. The summed E-state index contributed by atoms with van der Waals surface area (Å²) >= 11 is 0. The van der Waals surface area contributed by atoms with Gasteiger partial charge < -0.3 is 4.57 Å². The molecule has 0 N–H and O–H groups in total. The van der Waals surface area contributed by atoms with E-state index in [1.807, 2.05) is 18.2 Å². The van der Waals surface area contributed by atoms with Crippen LogP contribution in [0.3, 0.4) is 0 Å². The first kappa shape index (κ1) is 39.4. The van der Waals surface area contributed by atoms with Gasteiger partial charge in [0.25, 0.3) is 0 Å². The average molecular weight is 870 g/mol. The van der Waals surface area contributed by atoms with Crippen LogP contribution in [0.4, 0.5) is 0 Å². The predicted octanol–water partition coefficient (Wildman–Crippen LogP) is 16.0. The highest BCUT2D eigenvalue weighted by Gasteiger charge is 2.26. The summed E-state index contributed by atoms with van der Waals surface area (Å²) in [4.78, 5) is 16.2. The van der Waals surface area contributed by atoms with Gasteiger partial charge in [-0.25, -0.2) is 4.98 Å². The maximum absolute atomic E-state index is 5.50. The molecule has 0 aliphatic heterocycles. The SMILES string of the molecule is C1=CC(n2c3ccccc3c3ccc4c5ccccc5n(-c5nc(-c6ccccc6)nc(-c6cccc(-c7cc(-c8ccccc8)cc(-c8ccccc8)c7)c6)n5)c4c32)CC(c2ccccc2)=C1. The number of fused-ring (bicyclic) bond motifs is 7. The summed E-state index contributed by atoms with van der Waals surface area (Å²) in [6, 6.07) is 79.9. The van der Waals surface area contributed by atoms with Gasteiger partial charge in [0.1, 0.15) is 0 Å². The molecule has 0 saturated carbocycles. The van der Waals surface area contributed by atoms with E-state index < -0.39 is 0 Å². The Balaban J connectivity index is 1.04. The van der Waals surface area contributed by atoms with E-state index in [9.17, 15) is 0 Å². The summed E-state index contributed by atoms with van der Waals surface area (Å²) in [7, 11) is 0. The minimum Gasteiger partial charge on any atom is -0.331 e. The van der Waals surface area contributed by atoms with Crippen molar-refractivity contribution in [2.45, 2.75) is 12.5 Å². The minimum atomic E-state index is 0.0639. The van der Waals surface area contributed by atoms with Crippen LogP contribution in [0.15, 0.2) is 243 Å². The molecule has 12 aromatic rings. The van der Waals surface area contributed by atoms with Gasteiger partial charge >= 0.3 is 0 Å². The van der Waals surface area contributed by atoms with Gasteiger partial charge in [-0.2, -0.15) is 9.97 Å². The smallest absolute Gasteiger partial charge is 0.238 e. The van der Waals surface area contributed by atoms with Crippen molar-refractivity contribution in [1.29, 1.82) is 0 Å². The molecule has 0 saturated heterocycles. The lowest BCUT2D eigenvalue weighted by Gasteiger charge is -2.23. The average Bonchev–Trinajstić information content (AvgIpc) is 3.95. The highest BCUT2D eigenvalue weighted by atomic mass is 15.2. The largest absolute Gasteiger partial charge is 0.331 e. The maximum Gasteiger partial charge on any atom is 0.238 e. The van der Waals surface area contributed by atoms with Gasteiger partial charge in [-0.15, -0.1) is 0 Å². The van der Waals surface area contributed by atoms with E-state index in [1.165, 1.54) is 38.6 Å². The van der Waals surface area contributed by atoms with Gasteiger partial charge in [0.2, 0.25) is 5.95 Å². The quantitative estimate of drug-likeness (QED) is 0.153. The van der Waals surface area contributed by atoms with E-state index in [0.29, 0.717) is 17.6 Å². The molecule has 0 radical (unpaired) electrons. The van der Waals surface area contributed by atoms with Crippen molar-refractivity contribution in [3.8, 4) is 62.1 Å². The third-order valence-corrected chi connectivity index (χ3v) is 13.5. The van der Waals surface area contributed by atoms with Crippen molar-refractivity contribution >= 4 is 49.2 Å². The number of para-hydroxylation sites is 2. The lowest BCUT2D eigenvalue weighted by molar-refractivity contribution is 0.657. The normalized spacial score (nSPS) is 13.7. The van der Waals surface area contributed by atoms with Crippen molar-refractivity contribution in [3.05, 3.63) is 248 Å². The molecule has 1 aliphatic carbocycles. The van der Waals surface area contributed by atoms with Gasteiger partial charge in [0, 0.05) is 38.2 Å². The lowest BCUT2D eigenvalue weighted by atomic mass is 9.93. The summed E-state index contributed by atoms with van der Waals surface area (Å²) in [5, 5.41) is 4.70. The van der Waals surface area contributed by atoms with Crippen molar-refractivity contribution < 1.29 is 0 Å². The van der Waals surface area contributed by atoms with Crippen molar-refractivity contribution in [2.75, 3.05) is 0 Å². The van der Waals surface area contributed by atoms with Crippen LogP contribution in [0.1, 0.15) is 18.0 Å². The van der Waals surface area contributed by atoms with Crippen molar-refractivity contribution in [2.24, 2.45) is 0 Å². The standard InChI is InChI=1S/C63H43N5/c1-5-19-42(20-6-1)47-28-18-30-52(41-47)67-57-33-15-13-31-53(57)55-35-36-56-54-32-14-16-34-58(54)68(60(56)59(55)67)63-65-61(45-25-11-4-12-26-45)64-62(66-63)48-29-17-27-46(37-48)51-39-49(43-21-7-2-8-22-43)38-50(40-51)44-23-9-3-10-24-44/h1-40,52H,41H2. The van der Waals surface area contributed by atoms with Crippen molar-refractivity contribution in [1.82, 2.24) is 24.1 Å². The molecule has 1 unspecified atom stereocenters. The molecule has 320 valence electrons. The number of nitrogens with zero attached hydrogens (tertiary/aromatic N) is 5. The highest BCUT2D eigenvalue weighted by Crippen LogP contribution is 2.44. The van der Waals surface area contributed by atoms with Gasteiger partial charge in [-0.05, 0) is 87.3 Å². The van der Waals surface area contributed by atoms with Crippen LogP contribution in [0.5, 0.6) is 0 Å². The highest BCUT2D eigenvalue weighted by molar-refractivity contribution is 6.23. The number of rotatable bonds is 8. The van der Waals surface area contributed by atoms with Gasteiger partial charge in [-0.1, -0.05) is 206 Å². The van der Waals surface area contributed by atoms with Crippen LogP contribution in [0, 0.1) is 0 Å². The fourth-order valence-electron chi connectivity index (χ4n) is 10.3. The first-order chi connectivity index (χ1) is 33.7.